The van der Waals surface area contributed by atoms with E-state index in [1.807, 2.05) is 0 Å². The fourth-order valence-electron chi connectivity index (χ4n) is 1.59. The SMILES string of the molecule is CN(CC(C)(C)O)C(=O)C=Cc1cc(Br)ccc1F. The van der Waals surface area contributed by atoms with Gasteiger partial charge >= 0.3 is 0 Å². The van der Waals surface area contributed by atoms with E-state index in [1.165, 1.54) is 23.1 Å². The van der Waals surface area contributed by atoms with Crippen LogP contribution in [0.15, 0.2) is 28.7 Å². The smallest absolute Gasteiger partial charge is 0.246 e. The van der Waals surface area contributed by atoms with E-state index in [4.69, 9.17) is 0 Å². The van der Waals surface area contributed by atoms with Gasteiger partial charge in [-0.1, -0.05) is 15.9 Å². The van der Waals surface area contributed by atoms with Gasteiger partial charge in [0.15, 0.2) is 0 Å². The molecule has 104 valence electrons. The molecule has 19 heavy (non-hydrogen) atoms. The third-order valence-corrected chi connectivity index (χ3v) is 2.86. The quantitative estimate of drug-likeness (QED) is 0.863. The molecule has 3 nitrogen and oxygen atoms in total. The van der Waals surface area contributed by atoms with Crippen LogP contribution in [0.5, 0.6) is 0 Å². The summed E-state index contributed by atoms with van der Waals surface area (Å²) >= 11 is 3.24. The summed E-state index contributed by atoms with van der Waals surface area (Å²) in [5, 5.41) is 9.62. The Hall–Kier alpha value is -1.20. The van der Waals surface area contributed by atoms with E-state index in [2.05, 4.69) is 15.9 Å². The van der Waals surface area contributed by atoms with E-state index in [-0.39, 0.29) is 12.5 Å². The zero-order valence-corrected chi connectivity index (χ0v) is 12.7. The first-order chi connectivity index (χ1) is 8.69. The Balaban J connectivity index is 2.76. The van der Waals surface area contributed by atoms with Crippen LogP contribution in [0.25, 0.3) is 6.08 Å². The monoisotopic (exact) mass is 329 g/mol. The molecule has 0 atom stereocenters. The van der Waals surface area contributed by atoms with Crippen molar-refractivity contribution in [3.63, 3.8) is 0 Å². The minimum Gasteiger partial charge on any atom is -0.389 e. The first kappa shape index (κ1) is 15.9. The van der Waals surface area contributed by atoms with Crippen molar-refractivity contribution in [2.75, 3.05) is 13.6 Å². The first-order valence-electron chi connectivity index (χ1n) is 5.80. The Morgan fingerprint density at radius 2 is 2.16 bits per heavy atom. The van der Waals surface area contributed by atoms with Crippen molar-refractivity contribution in [3.8, 4) is 0 Å². The van der Waals surface area contributed by atoms with Gasteiger partial charge in [-0.05, 0) is 38.1 Å². The molecule has 0 fully saturated rings. The average molecular weight is 330 g/mol. The molecule has 5 heteroatoms. The van der Waals surface area contributed by atoms with Crippen LogP contribution in [-0.2, 0) is 4.79 Å². The third kappa shape index (κ3) is 5.53. The summed E-state index contributed by atoms with van der Waals surface area (Å²) in [6, 6.07) is 4.51. The van der Waals surface area contributed by atoms with E-state index in [1.54, 1.807) is 33.0 Å². The molecule has 1 aromatic carbocycles. The van der Waals surface area contributed by atoms with Gasteiger partial charge in [0, 0.05) is 29.7 Å². The number of halogens is 2. The van der Waals surface area contributed by atoms with E-state index < -0.39 is 11.4 Å². The van der Waals surface area contributed by atoms with E-state index in [9.17, 15) is 14.3 Å². The molecule has 0 unspecified atom stereocenters. The maximum atomic E-state index is 13.5. The lowest BCUT2D eigenvalue weighted by Crippen LogP contribution is -2.38. The third-order valence-electron chi connectivity index (χ3n) is 2.36. The summed E-state index contributed by atoms with van der Waals surface area (Å²) in [5.41, 5.74) is -0.626. The number of aliphatic hydroxyl groups is 1. The number of amides is 1. The Kier molecular flexibility index (Phi) is 5.26. The fourth-order valence-corrected chi connectivity index (χ4v) is 1.97. The highest BCUT2D eigenvalue weighted by Gasteiger charge is 2.17. The molecule has 0 bridgehead atoms. The van der Waals surface area contributed by atoms with Crippen molar-refractivity contribution in [2.24, 2.45) is 0 Å². The summed E-state index contributed by atoms with van der Waals surface area (Å²) < 4.78 is 14.2. The molecule has 1 amide bonds. The summed E-state index contributed by atoms with van der Waals surface area (Å²) in [7, 11) is 1.59. The van der Waals surface area contributed by atoms with Gasteiger partial charge in [-0.25, -0.2) is 4.39 Å². The zero-order valence-electron chi connectivity index (χ0n) is 11.2. The molecular formula is C14H17BrFNO2. The van der Waals surface area contributed by atoms with Gasteiger partial charge in [0.05, 0.1) is 5.60 Å². The van der Waals surface area contributed by atoms with Crippen LogP contribution in [-0.4, -0.2) is 35.1 Å². The minimum absolute atomic E-state index is 0.205. The molecule has 0 radical (unpaired) electrons. The maximum absolute atomic E-state index is 13.5. The maximum Gasteiger partial charge on any atom is 0.246 e. The van der Waals surface area contributed by atoms with Crippen LogP contribution >= 0.6 is 15.9 Å². The molecule has 0 heterocycles. The lowest BCUT2D eigenvalue weighted by Gasteiger charge is -2.24. The highest BCUT2D eigenvalue weighted by atomic mass is 79.9. The predicted octanol–water partition coefficient (Wildman–Crippen LogP) is 2.83. The molecular weight excluding hydrogens is 313 g/mol. The van der Waals surface area contributed by atoms with Crippen molar-refractivity contribution in [1.82, 2.24) is 4.90 Å². The molecule has 0 saturated heterocycles. The molecule has 1 aromatic rings. The second kappa shape index (κ2) is 6.30. The van der Waals surface area contributed by atoms with Gasteiger partial charge in [-0.3, -0.25) is 4.79 Å². The number of likely N-dealkylation sites (N-methyl/N-ethyl adjacent to an activating group) is 1. The van der Waals surface area contributed by atoms with E-state index >= 15 is 0 Å². The second-order valence-corrected chi connectivity index (χ2v) is 5.92. The van der Waals surface area contributed by atoms with E-state index in [0.717, 1.165) is 4.47 Å². The Labute approximate surface area is 120 Å². The molecule has 0 aliphatic carbocycles. The number of hydrogen-bond donors (Lipinski definition) is 1. The Bertz CT molecular complexity index is 495. The van der Waals surface area contributed by atoms with Gasteiger partial charge in [-0.15, -0.1) is 0 Å². The molecule has 0 aliphatic rings. The lowest BCUT2D eigenvalue weighted by atomic mass is 10.1. The Morgan fingerprint density at radius 3 is 2.74 bits per heavy atom. The van der Waals surface area contributed by atoms with Crippen LogP contribution in [0.4, 0.5) is 4.39 Å². The van der Waals surface area contributed by atoms with Gasteiger partial charge in [0.2, 0.25) is 5.91 Å². The van der Waals surface area contributed by atoms with Crippen LogP contribution in [0.3, 0.4) is 0 Å². The average Bonchev–Trinajstić information content (AvgIpc) is 2.27. The van der Waals surface area contributed by atoms with Gasteiger partial charge in [0.25, 0.3) is 0 Å². The molecule has 0 saturated carbocycles. The highest BCUT2D eigenvalue weighted by molar-refractivity contribution is 9.10. The molecule has 0 spiro atoms. The molecule has 0 aromatic heterocycles. The molecule has 1 rings (SSSR count). The number of carbonyl (C=O) groups is 1. The topological polar surface area (TPSA) is 40.5 Å². The zero-order chi connectivity index (χ0) is 14.6. The standard InChI is InChI=1S/C14H17BrFNO2/c1-14(2,19)9-17(3)13(18)7-4-10-8-11(15)5-6-12(10)16/h4-8,19H,9H2,1-3H3. The summed E-state index contributed by atoms with van der Waals surface area (Å²) in [4.78, 5) is 13.2. The van der Waals surface area contributed by atoms with Crippen LogP contribution in [0.2, 0.25) is 0 Å². The van der Waals surface area contributed by atoms with Crippen LogP contribution < -0.4 is 0 Å². The van der Waals surface area contributed by atoms with Crippen molar-refractivity contribution in [1.29, 1.82) is 0 Å². The summed E-state index contributed by atoms with van der Waals surface area (Å²) in [6.07, 6.45) is 2.71. The Morgan fingerprint density at radius 1 is 1.53 bits per heavy atom. The van der Waals surface area contributed by atoms with Crippen molar-refractivity contribution in [3.05, 3.63) is 40.1 Å². The normalized spacial score (nSPS) is 11.9. The number of nitrogens with zero attached hydrogens (tertiary/aromatic N) is 1. The molecule has 0 aliphatic heterocycles. The number of rotatable bonds is 4. The highest BCUT2D eigenvalue weighted by Crippen LogP contribution is 2.16. The van der Waals surface area contributed by atoms with Gasteiger partial charge in [-0.2, -0.15) is 0 Å². The number of benzene rings is 1. The van der Waals surface area contributed by atoms with Crippen molar-refractivity contribution in [2.45, 2.75) is 19.4 Å². The largest absolute Gasteiger partial charge is 0.389 e. The predicted molar refractivity (Wildman–Crippen MR) is 77.1 cm³/mol. The van der Waals surface area contributed by atoms with Crippen LogP contribution in [0.1, 0.15) is 19.4 Å². The van der Waals surface area contributed by atoms with Gasteiger partial charge < -0.3 is 10.0 Å². The lowest BCUT2D eigenvalue weighted by molar-refractivity contribution is -0.127. The van der Waals surface area contributed by atoms with Gasteiger partial charge in [0.1, 0.15) is 5.82 Å². The number of carbonyl (C=O) groups excluding carboxylic acids is 1. The first-order valence-corrected chi connectivity index (χ1v) is 6.59. The van der Waals surface area contributed by atoms with E-state index in [0.29, 0.717) is 5.56 Å². The summed E-state index contributed by atoms with van der Waals surface area (Å²) in [6.45, 7) is 3.44. The second-order valence-electron chi connectivity index (χ2n) is 5.01. The minimum atomic E-state index is -0.959. The number of hydrogen-bond acceptors (Lipinski definition) is 2. The summed E-state index contributed by atoms with van der Waals surface area (Å²) in [5.74, 6) is -0.682. The van der Waals surface area contributed by atoms with Crippen molar-refractivity contribution < 1.29 is 14.3 Å². The van der Waals surface area contributed by atoms with Crippen molar-refractivity contribution >= 4 is 27.9 Å². The van der Waals surface area contributed by atoms with Crippen LogP contribution in [0, 0.1) is 5.82 Å². The molecule has 1 N–H and O–H groups in total. The fraction of sp³-hybridized carbons (Fsp3) is 0.357.